The van der Waals surface area contributed by atoms with E-state index in [0.29, 0.717) is 30.4 Å². The molecule has 1 aliphatic carbocycles. The number of hydrogen-bond acceptors (Lipinski definition) is 4. The van der Waals surface area contributed by atoms with E-state index in [1.165, 1.54) is 0 Å². The number of ketones is 2. The molecule has 0 spiro atoms. The normalized spacial score (nSPS) is 19.6. The maximum atomic E-state index is 12.8. The van der Waals surface area contributed by atoms with Gasteiger partial charge in [-0.25, -0.2) is 0 Å². The van der Waals surface area contributed by atoms with Gasteiger partial charge in [0.1, 0.15) is 5.92 Å². The Balaban J connectivity index is 2.34. The number of benzene rings is 1. The van der Waals surface area contributed by atoms with Gasteiger partial charge < -0.3 is 4.74 Å². The lowest BCUT2D eigenvalue weighted by molar-refractivity contribution is -0.147. The van der Waals surface area contributed by atoms with Crippen LogP contribution >= 0.6 is 0 Å². The summed E-state index contributed by atoms with van der Waals surface area (Å²) in [4.78, 5) is 37.0. The molecule has 2 unspecified atom stereocenters. The van der Waals surface area contributed by atoms with Gasteiger partial charge in [0.15, 0.2) is 11.6 Å². The Morgan fingerprint density at radius 3 is 2.64 bits per heavy atom. The zero-order valence-electron chi connectivity index (χ0n) is 12.7. The standard InChI is InChI=1S/C18H20O4/c1-3-22-18(21)16(14-10-7-11-15(19)12(14)2)17(20)13-8-5-4-6-9-13/h4-6,8-9,14,16H,2-3,7,10-11H2,1H3. The molecule has 116 valence electrons. The molecule has 1 aliphatic rings. The minimum atomic E-state index is -0.987. The molecule has 0 aromatic heterocycles. The second-order valence-electron chi connectivity index (χ2n) is 5.41. The van der Waals surface area contributed by atoms with Gasteiger partial charge >= 0.3 is 5.97 Å². The monoisotopic (exact) mass is 300 g/mol. The Bertz CT molecular complexity index is 588. The van der Waals surface area contributed by atoms with Crippen LogP contribution in [-0.2, 0) is 14.3 Å². The van der Waals surface area contributed by atoms with Crippen molar-refractivity contribution in [2.45, 2.75) is 26.2 Å². The highest BCUT2D eigenvalue weighted by Gasteiger charge is 2.40. The van der Waals surface area contributed by atoms with Gasteiger partial charge in [-0.3, -0.25) is 14.4 Å². The van der Waals surface area contributed by atoms with Gasteiger partial charge in [0, 0.05) is 17.9 Å². The van der Waals surface area contributed by atoms with E-state index in [9.17, 15) is 14.4 Å². The van der Waals surface area contributed by atoms with Crippen LogP contribution in [0.2, 0.25) is 0 Å². The number of carbonyl (C=O) groups is 3. The van der Waals surface area contributed by atoms with Crippen LogP contribution in [0.1, 0.15) is 36.5 Å². The number of carbonyl (C=O) groups excluding carboxylic acids is 3. The number of Topliss-reactive ketones (excluding diaryl/α,β-unsaturated/α-hetero) is 2. The van der Waals surface area contributed by atoms with Gasteiger partial charge in [0.2, 0.25) is 0 Å². The fourth-order valence-corrected chi connectivity index (χ4v) is 2.86. The molecule has 0 N–H and O–H groups in total. The molecule has 4 heteroatoms. The Morgan fingerprint density at radius 2 is 2.00 bits per heavy atom. The molecule has 0 aliphatic heterocycles. The maximum absolute atomic E-state index is 12.8. The molecule has 1 aromatic carbocycles. The first-order chi connectivity index (χ1) is 10.6. The van der Waals surface area contributed by atoms with E-state index in [4.69, 9.17) is 4.74 Å². The van der Waals surface area contributed by atoms with Gasteiger partial charge in [-0.2, -0.15) is 0 Å². The molecule has 2 atom stereocenters. The third-order valence-corrected chi connectivity index (χ3v) is 4.01. The highest BCUT2D eigenvalue weighted by molar-refractivity contribution is 6.10. The average Bonchev–Trinajstić information content (AvgIpc) is 2.53. The summed E-state index contributed by atoms with van der Waals surface area (Å²) >= 11 is 0. The second kappa shape index (κ2) is 7.16. The predicted octanol–water partition coefficient (Wildman–Crippen LogP) is 2.97. The van der Waals surface area contributed by atoms with Crippen molar-refractivity contribution >= 4 is 17.5 Å². The zero-order chi connectivity index (χ0) is 16.1. The highest BCUT2D eigenvalue weighted by Crippen LogP contribution is 2.34. The van der Waals surface area contributed by atoms with Crippen molar-refractivity contribution in [3.05, 3.63) is 48.0 Å². The first kappa shape index (κ1) is 16.1. The van der Waals surface area contributed by atoms with Crippen molar-refractivity contribution in [3.8, 4) is 0 Å². The van der Waals surface area contributed by atoms with E-state index < -0.39 is 17.8 Å². The van der Waals surface area contributed by atoms with E-state index in [2.05, 4.69) is 6.58 Å². The summed E-state index contributed by atoms with van der Waals surface area (Å²) in [6.45, 7) is 5.70. The fraction of sp³-hybridized carbons (Fsp3) is 0.389. The average molecular weight is 300 g/mol. The Kier molecular flexibility index (Phi) is 5.26. The minimum Gasteiger partial charge on any atom is -0.465 e. The number of rotatable bonds is 5. The van der Waals surface area contributed by atoms with Crippen molar-refractivity contribution in [2.75, 3.05) is 6.61 Å². The molecule has 0 amide bonds. The summed E-state index contributed by atoms with van der Waals surface area (Å²) in [5.74, 6) is -2.39. The molecule has 1 aromatic rings. The quantitative estimate of drug-likeness (QED) is 0.363. The predicted molar refractivity (Wildman–Crippen MR) is 82.4 cm³/mol. The lowest BCUT2D eigenvalue weighted by Gasteiger charge is -2.29. The Hall–Kier alpha value is -2.23. The molecular weight excluding hydrogens is 280 g/mol. The molecule has 1 saturated carbocycles. The van der Waals surface area contributed by atoms with E-state index in [0.717, 1.165) is 0 Å². The number of hydrogen-bond donors (Lipinski definition) is 0. The Morgan fingerprint density at radius 1 is 1.32 bits per heavy atom. The summed E-state index contributed by atoms with van der Waals surface area (Å²) in [5.41, 5.74) is 0.819. The van der Waals surface area contributed by atoms with Gasteiger partial charge in [-0.1, -0.05) is 36.9 Å². The third kappa shape index (κ3) is 3.32. The summed E-state index contributed by atoms with van der Waals surface area (Å²) < 4.78 is 5.07. The second-order valence-corrected chi connectivity index (χ2v) is 5.41. The molecular formula is C18H20O4. The maximum Gasteiger partial charge on any atom is 0.317 e. The lowest BCUT2D eigenvalue weighted by Crippen LogP contribution is -2.37. The molecule has 0 bridgehead atoms. The van der Waals surface area contributed by atoms with Crippen molar-refractivity contribution in [2.24, 2.45) is 11.8 Å². The van der Waals surface area contributed by atoms with Gasteiger partial charge in [0.05, 0.1) is 6.61 Å². The van der Waals surface area contributed by atoms with Crippen molar-refractivity contribution in [1.82, 2.24) is 0 Å². The molecule has 0 saturated heterocycles. The van der Waals surface area contributed by atoms with Crippen LogP contribution < -0.4 is 0 Å². The van der Waals surface area contributed by atoms with Crippen molar-refractivity contribution in [1.29, 1.82) is 0 Å². The first-order valence-corrected chi connectivity index (χ1v) is 7.54. The van der Waals surface area contributed by atoms with Crippen molar-refractivity contribution < 1.29 is 19.1 Å². The van der Waals surface area contributed by atoms with Crippen LogP contribution in [0.5, 0.6) is 0 Å². The summed E-state index contributed by atoms with van der Waals surface area (Å²) in [7, 11) is 0. The topological polar surface area (TPSA) is 60.4 Å². The van der Waals surface area contributed by atoms with Crippen LogP contribution in [-0.4, -0.2) is 24.1 Å². The van der Waals surface area contributed by atoms with Crippen molar-refractivity contribution in [3.63, 3.8) is 0 Å². The Labute approximate surface area is 130 Å². The van der Waals surface area contributed by atoms with Crippen LogP contribution in [0.25, 0.3) is 0 Å². The minimum absolute atomic E-state index is 0.0635. The number of esters is 1. The largest absolute Gasteiger partial charge is 0.465 e. The molecule has 4 nitrogen and oxygen atoms in total. The summed E-state index contributed by atoms with van der Waals surface area (Å²) in [6.07, 6.45) is 1.71. The molecule has 2 rings (SSSR count). The SMILES string of the molecule is C=C1C(=O)CCCC1C(C(=O)OCC)C(=O)c1ccccc1. The zero-order valence-corrected chi connectivity index (χ0v) is 12.7. The van der Waals surface area contributed by atoms with Crippen LogP contribution in [0.15, 0.2) is 42.5 Å². The van der Waals surface area contributed by atoms with E-state index in [1.807, 2.05) is 0 Å². The van der Waals surface area contributed by atoms with E-state index >= 15 is 0 Å². The fourth-order valence-electron chi connectivity index (χ4n) is 2.86. The highest BCUT2D eigenvalue weighted by atomic mass is 16.5. The van der Waals surface area contributed by atoms with Gasteiger partial charge in [0.25, 0.3) is 0 Å². The molecule has 0 heterocycles. The van der Waals surface area contributed by atoms with Crippen LogP contribution in [0.3, 0.4) is 0 Å². The van der Waals surface area contributed by atoms with Crippen LogP contribution in [0.4, 0.5) is 0 Å². The lowest BCUT2D eigenvalue weighted by atomic mass is 9.73. The smallest absolute Gasteiger partial charge is 0.317 e. The molecule has 1 fully saturated rings. The first-order valence-electron chi connectivity index (χ1n) is 7.54. The third-order valence-electron chi connectivity index (χ3n) is 4.01. The molecule has 22 heavy (non-hydrogen) atoms. The summed E-state index contributed by atoms with van der Waals surface area (Å²) in [6, 6.07) is 8.63. The van der Waals surface area contributed by atoms with E-state index in [-0.39, 0.29) is 18.2 Å². The van der Waals surface area contributed by atoms with Gasteiger partial charge in [-0.15, -0.1) is 0 Å². The number of ether oxygens (including phenoxy) is 1. The number of allylic oxidation sites excluding steroid dienone is 1. The molecule has 0 radical (unpaired) electrons. The van der Waals surface area contributed by atoms with Gasteiger partial charge in [-0.05, 0) is 25.3 Å². The van der Waals surface area contributed by atoms with Crippen LogP contribution in [0, 0.1) is 11.8 Å². The van der Waals surface area contributed by atoms with E-state index in [1.54, 1.807) is 37.3 Å². The summed E-state index contributed by atoms with van der Waals surface area (Å²) in [5, 5.41) is 0.